The summed E-state index contributed by atoms with van der Waals surface area (Å²) in [6.45, 7) is 0. The van der Waals surface area contributed by atoms with Gasteiger partial charge in [-0.15, -0.1) is 0 Å². The predicted molar refractivity (Wildman–Crippen MR) is 83.0 cm³/mol. The number of nitrogens with one attached hydrogen (secondary N) is 2. The molecule has 2 N–H and O–H groups in total. The van der Waals surface area contributed by atoms with Gasteiger partial charge < -0.3 is 15.4 Å². The molecule has 2 amide bonds. The van der Waals surface area contributed by atoms with Crippen LogP contribution in [0.5, 0.6) is 0 Å². The van der Waals surface area contributed by atoms with Crippen LogP contribution in [-0.2, 0) is 25.5 Å². The Morgan fingerprint density at radius 3 is 2.64 bits per heavy atom. The smallest absolute Gasteiger partial charge is 0.328 e. The lowest BCUT2D eigenvalue weighted by molar-refractivity contribution is -0.145. The maximum absolute atomic E-state index is 12.1. The quantitative estimate of drug-likeness (QED) is 0.757. The number of carbonyl (C=O) groups is 3. The summed E-state index contributed by atoms with van der Waals surface area (Å²) < 4.78 is 5.68. The van der Waals surface area contributed by atoms with Crippen molar-refractivity contribution < 1.29 is 19.1 Å². The van der Waals surface area contributed by atoms with Crippen LogP contribution in [0.25, 0.3) is 0 Å². The van der Waals surface area contributed by atoms with Crippen molar-refractivity contribution in [2.45, 2.75) is 31.3 Å². The van der Waals surface area contributed by atoms with Crippen molar-refractivity contribution in [2.75, 3.05) is 7.11 Å². The van der Waals surface area contributed by atoms with E-state index < -0.39 is 18.1 Å². The Bertz CT molecular complexity index is 573. The number of rotatable bonds is 5. The van der Waals surface area contributed by atoms with E-state index in [1.165, 1.54) is 7.11 Å². The number of hydrogen-bond donors (Lipinski definition) is 2. The standard InChI is InChI=1S/C15H17BrN2O4/c1-22-15(21)12(8-9-2-4-10(16)5-3-9)18-14(20)11-6-7-13(19)17-11/h2-5,11-12H,6-8H2,1H3,(H,17,19)(H,18,20)/t11-,12-/m1/s1. The molecule has 1 aromatic rings. The van der Waals surface area contributed by atoms with Crippen LogP contribution in [0.2, 0.25) is 0 Å². The zero-order valence-corrected chi connectivity index (χ0v) is 13.7. The average molecular weight is 369 g/mol. The second-order valence-electron chi connectivity index (χ2n) is 5.07. The van der Waals surface area contributed by atoms with Crippen LogP contribution in [0, 0.1) is 0 Å². The van der Waals surface area contributed by atoms with Crippen LogP contribution in [0.1, 0.15) is 18.4 Å². The van der Waals surface area contributed by atoms with Gasteiger partial charge in [0, 0.05) is 17.3 Å². The molecule has 0 radical (unpaired) electrons. The number of ether oxygens (including phenoxy) is 1. The van der Waals surface area contributed by atoms with Gasteiger partial charge in [-0.1, -0.05) is 28.1 Å². The number of esters is 1. The third-order valence-electron chi connectivity index (χ3n) is 3.47. The molecule has 1 saturated heterocycles. The molecule has 1 fully saturated rings. The van der Waals surface area contributed by atoms with Gasteiger partial charge in [0.05, 0.1) is 7.11 Å². The van der Waals surface area contributed by atoms with Crippen LogP contribution < -0.4 is 10.6 Å². The maximum atomic E-state index is 12.1. The highest BCUT2D eigenvalue weighted by Gasteiger charge is 2.30. The molecule has 1 heterocycles. The van der Waals surface area contributed by atoms with Crippen molar-refractivity contribution >= 4 is 33.7 Å². The van der Waals surface area contributed by atoms with Gasteiger partial charge in [0.15, 0.2) is 0 Å². The normalized spacial score (nSPS) is 18.5. The summed E-state index contributed by atoms with van der Waals surface area (Å²) in [5.41, 5.74) is 0.898. The van der Waals surface area contributed by atoms with Gasteiger partial charge in [-0.25, -0.2) is 4.79 Å². The van der Waals surface area contributed by atoms with Gasteiger partial charge in [-0.05, 0) is 24.1 Å². The summed E-state index contributed by atoms with van der Waals surface area (Å²) in [6, 6.07) is 6.10. The molecular weight excluding hydrogens is 352 g/mol. The topological polar surface area (TPSA) is 84.5 Å². The molecule has 1 aliphatic rings. The fourth-order valence-electron chi connectivity index (χ4n) is 2.27. The van der Waals surface area contributed by atoms with E-state index in [1.807, 2.05) is 24.3 Å². The molecular formula is C15H17BrN2O4. The van der Waals surface area contributed by atoms with E-state index >= 15 is 0 Å². The molecule has 1 aliphatic heterocycles. The van der Waals surface area contributed by atoms with E-state index in [9.17, 15) is 14.4 Å². The van der Waals surface area contributed by atoms with Crippen LogP contribution in [0.3, 0.4) is 0 Å². The first-order valence-electron chi connectivity index (χ1n) is 6.91. The van der Waals surface area contributed by atoms with E-state index in [1.54, 1.807) is 0 Å². The summed E-state index contributed by atoms with van der Waals surface area (Å²) in [4.78, 5) is 35.2. The summed E-state index contributed by atoms with van der Waals surface area (Å²) in [6.07, 6.45) is 1.09. The molecule has 0 unspecified atom stereocenters. The molecule has 0 saturated carbocycles. The van der Waals surface area contributed by atoms with E-state index in [0.29, 0.717) is 19.3 Å². The van der Waals surface area contributed by atoms with Gasteiger partial charge in [-0.3, -0.25) is 9.59 Å². The Labute approximate surface area is 136 Å². The van der Waals surface area contributed by atoms with Crippen molar-refractivity contribution in [3.05, 3.63) is 34.3 Å². The molecule has 118 valence electrons. The first kappa shape index (κ1) is 16.5. The Morgan fingerprint density at radius 1 is 1.41 bits per heavy atom. The molecule has 0 aromatic heterocycles. The van der Waals surface area contributed by atoms with Crippen LogP contribution in [0.4, 0.5) is 0 Å². The summed E-state index contributed by atoms with van der Waals surface area (Å²) in [7, 11) is 1.28. The Kier molecular flexibility index (Phi) is 5.54. The molecule has 0 aliphatic carbocycles. The summed E-state index contributed by atoms with van der Waals surface area (Å²) in [5, 5.41) is 5.23. The molecule has 0 bridgehead atoms. The summed E-state index contributed by atoms with van der Waals surface area (Å²) in [5.74, 6) is -1.03. The van der Waals surface area contributed by atoms with Crippen LogP contribution >= 0.6 is 15.9 Å². The highest BCUT2D eigenvalue weighted by Crippen LogP contribution is 2.13. The average Bonchev–Trinajstić information content (AvgIpc) is 2.94. The third kappa shape index (κ3) is 4.30. The number of halogens is 1. The fourth-order valence-corrected chi connectivity index (χ4v) is 2.54. The van der Waals surface area contributed by atoms with E-state index in [0.717, 1.165) is 10.0 Å². The first-order valence-corrected chi connectivity index (χ1v) is 7.71. The molecule has 2 atom stereocenters. The van der Waals surface area contributed by atoms with Gasteiger partial charge in [0.2, 0.25) is 11.8 Å². The van der Waals surface area contributed by atoms with Crippen molar-refractivity contribution in [3.63, 3.8) is 0 Å². The SMILES string of the molecule is COC(=O)[C@@H](Cc1ccc(Br)cc1)NC(=O)[C@H]1CCC(=O)N1. The maximum Gasteiger partial charge on any atom is 0.328 e. The second-order valence-corrected chi connectivity index (χ2v) is 5.99. The Balaban J connectivity index is 2.02. The molecule has 6 nitrogen and oxygen atoms in total. The highest BCUT2D eigenvalue weighted by atomic mass is 79.9. The van der Waals surface area contributed by atoms with E-state index in [-0.39, 0.29) is 11.8 Å². The number of benzene rings is 1. The molecule has 0 spiro atoms. The zero-order valence-electron chi connectivity index (χ0n) is 12.1. The Hall–Kier alpha value is -1.89. The lowest BCUT2D eigenvalue weighted by Gasteiger charge is -2.19. The molecule has 2 rings (SSSR count). The highest BCUT2D eigenvalue weighted by molar-refractivity contribution is 9.10. The van der Waals surface area contributed by atoms with Crippen molar-refractivity contribution in [2.24, 2.45) is 0 Å². The Morgan fingerprint density at radius 2 is 2.09 bits per heavy atom. The first-order chi connectivity index (χ1) is 10.5. The largest absolute Gasteiger partial charge is 0.467 e. The lowest BCUT2D eigenvalue weighted by Crippen LogP contribution is -2.49. The molecule has 22 heavy (non-hydrogen) atoms. The van der Waals surface area contributed by atoms with Gasteiger partial charge in [-0.2, -0.15) is 0 Å². The molecule has 1 aromatic carbocycles. The molecule has 7 heteroatoms. The minimum atomic E-state index is -0.781. The number of methoxy groups -OCH3 is 1. The van der Waals surface area contributed by atoms with Gasteiger partial charge >= 0.3 is 5.97 Å². The fraction of sp³-hybridized carbons (Fsp3) is 0.400. The number of amides is 2. The van der Waals surface area contributed by atoms with Gasteiger partial charge in [0.25, 0.3) is 0 Å². The van der Waals surface area contributed by atoms with Crippen molar-refractivity contribution in [3.8, 4) is 0 Å². The summed E-state index contributed by atoms with van der Waals surface area (Å²) >= 11 is 3.34. The predicted octanol–water partition coefficient (Wildman–Crippen LogP) is 0.928. The van der Waals surface area contributed by atoms with Crippen molar-refractivity contribution in [1.29, 1.82) is 0 Å². The van der Waals surface area contributed by atoms with E-state index in [4.69, 9.17) is 4.74 Å². The number of carbonyl (C=O) groups excluding carboxylic acids is 3. The van der Waals surface area contributed by atoms with E-state index in [2.05, 4.69) is 26.6 Å². The monoisotopic (exact) mass is 368 g/mol. The number of hydrogen-bond acceptors (Lipinski definition) is 4. The third-order valence-corrected chi connectivity index (χ3v) is 4.00. The van der Waals surface area contributed by atoms with Crippen LogP contribution in [-0.4, -0.2) is 37.0 Å². The minimum absolute atomic E-state index is 0.150. The van der Waals surface area contributed by atoms with Gasteiger partial charge in [0.1, 0.15) is 12.1 Å². The zero-order chi connectivity index (χ0) is 16.1. The van der Waals surface area contributed by atoms with Crippen molar-refractivity contribution in [1.82, 2.24) is 10.6 Å². The lowest BCUT2D eigenvalue weighted by atomic mass is 10.1. The van der Waals surface area contributed by atoms with Crippen LogP contribution in [0.15, 0.2) is 28.7 Å². The minimum Gasteiger partial charge on any atom is -0.467 e. The second kappa shape index (κ2) is 7.40.